The van der Waals surface area contributed by atoms with Crippen LogP contribution in [-0.4, -0.2) is 117 Å². The van der Waals surface area contributed by atoms with Crippen molar-refractivity contribution in [2.45, 2.75) is 55.1 Å². The van der Waals surface area contributed by atoms with Gasteiger partial charge in [0, 0.05) is 6.08 Å². The van der Waals surface area contributed by atoms with E-state index < -0.39 is 74.5 Å². The standard InChI is InChI=1S/C28H34O13/c29-18-6-1-16(2-7-18)5-10-21(31)39-14-28(36)15-40-27(25(28)35)38-13-20-22(32)23(33)24(34)26(41-20)37-12-11-17-3-8-19(30)9-4-17/h1-10,20,22-27,29-30,32-36H,11-15H2. The van der Waals surface area contributed by atoms with Gasteiger partial charge in [-0.25, -0.2) is 4.79 Å². The van der Waals surface area contributed by atoms with Crippen molar-refractivity contribution in [3.8, 4) is 11.5 Å². The predicted molar refractivity (Wildman–Crippen MR) is 139 cm³/mol. The average Bonchev–Trinajstić information content (AvgIpc) is 3.25. The molecule has 0 amide bonds. The Hall–Kier alpha value is -3.11. The van der Waals surface area contributed by atoms with E-state index >= 15 is 0 Å². The molecule has 8 unspecified atom stereocenters. The Balaban J connectivity index is 1.24. The van der Waals surface area contributed by atoms with Crippen LogP contribution in [0.1, 0.15) is 11.1 Å². The third kappa shape index (κ3) is 8.01. The van der Waals surface area contributed by atoms with Gasteiger partial charge in [0.25, 0.3) is 0 Å². The van der Waals surface area contributed by atoms with E-state index in [1.165, 1.54) is 30.3 Å². The first kappa shape index (κ1) is 30.8. The molecule has 0 spiro atoms. The average molecular weight is 579 g/mol. The van der Waals surface area contributed by atoms with Crippen molar-refractivity contribution in [2.75, 3.05) is 26.4 Å². The van der Waals surface area contributed by atoms with E-state index in [1.807, 2.05) is 0 Å². The lowest BCUT2D eigenvalue weighted by Crippen LogP contribution is -2.59. The van der Waals surface area contributed by atoms with E-state index in [0.717, 1.165) is 11.6 Å². The van der Waals surface area contributed by atoms with Crippen LogP contribution in [0.15, 0.2) is 54.6 Å². The number of rotatable bonds is 11. The van der Waals surface area contributed by atoms with Crippen molar-refractivity contribution in [2.24, 2.45) is 0 Å². The summed E-state index contributed by atoms with van der Waals surface area (Å²) in [5, 5.41) is 70.9. The molecule has 2 saturated heterocycles. The lowest BCUT2D eigenvalue weighted by atomic mass is 9.99. The van der Waals surface area contributed by atoms with Gasteiger partial charge in [-0.3, -0.25) is 0 Å². The summed E-state index contributed by atoms with van der Waals surface area (Å²) in [6.45, 7) is -1.33. The molecule has 13 heteroatoms. The summed E-state index contributed by atoms with van der Waals surface area (Å²) in [4.78, 5) is 12.1. The largest absolute Gasteiger partial charge is 0.508 e. The number of aromatic hydroxyl groups is 2. The molecule has 41 heavy (non-hydrogen) atoms. The van der Waals surface area contributed by atoms with E-state index in [1.54, 1.807) is 24.3 Å². The maximum Gasteiger partial charge on any atom is 0.330 e. The maximum atomic E-state index is 12.1. The molecule has 2 heterocycles. The second-order valence-electron chi connectivity index (χ2n) is 9.90. The van der Waals surface area contributed by atoms with Crippen molar-refractivity contribution in [3.63, 3.8) is 0 Å². The Bertz CT molecular complexity index is 1150. The van der Waals surface area contributed by atoms with Gasteiger partial charge in [-0.15, -0.1) is 0 Å². The molecule has 0 aromatic heterocycles. The van der Waals surface area contributed by atoms with Crippen molar-refractivity contribution in [1.82, 2.24) is 0 Å². The van der Waals surface area contributed by atoms with E-state index in [2.05, 4.69) is 0 Å². The van der Waals surface area contributed by atoms with Crippen molar-refractivity contribution in [1.29, 1.82) is 0 Å². The van der Waals surface area contributed by atoms with Gasteiger partial charge in [-0.1, -0.05) is 24.3 Å². The van der Waals surface area contributed by atoms with Crippen LogP contribution in [0.5, 0.6) is 11.5 Å². The van der Waals surface area contributed by atoms with Gasteiger partial charge in [0.15, 0.2) is 18.2 Å². The van der Waals surface area contributed by atoms with Crippen molar-refractivity contribution >= 4 is 12.0 Å². The minimum absolute atomic E-state index is 0.0763. The Labute approximate surface area is 235 Å². The number of benzene rings is 2. The van der Waals surface area contributed by atoms with Crippen LogP contribution in [0.2, 0.25) is 0 Å². The Morgan fingerprint density at radius 1 is 0.902 bits per heavy atom. The van der Waals surface area contributed by atoms with Crippen LogP contribution in [0.3, 0.4) is 0 Å². The number of aliphatic hydroxyl groups is 5. The zero-order valence-electron chi connectivity index (χ0n) is 21.9. The van der Waals surface area contributed by atoms with Crippen LogP contribution in [0.25, 0.3) is 6.08 Å². The summed E-state index contributed by atoms with van der Waals surface area (Å²) in [5.41, 5.74) is -0.493. The zero-order valence-corrected chi connectivity index (χ0v) is 21.9. The second-order valence-corrected chi connectivity index (χ2v) is 9.90. The molecule has 2 aromatic carbocycles. The Kier molecular flexibility index (Phi) is 10.3. The molecule has 0 aliphatic carbocycles. The molecule has 2 aromatic rings. The summed E-state index contributed by atoms with van der Waals surface area (Å²) in [5.74, 6) is -0.589. The van der Waals surface area contributed by atoms with Crippen molar-refractivity contribution in [3.05, 3.63) is 65.7 Å². The third-order valence-electron chi connectivity index (χ3n) is 6.78. The fourth-order valence-corrected chi connectivity index (χ4v) is 4.25. The van der Waals surface area contributed by atoms with Crippen LogP contribution < -0.4 is 0 Å². The molecule has 13 nitrogen and oxygen atoms in total. The molecule has 0 saturated carbocycles. The zero-order chi connectivity index (χ0) is 29.6. The second kappa shape index (κ2) is 13.7. The molecule has 8 atom stereocenters. The van der Waals surface area contributed by atoms with Crippen LogP contribution >= 0.6 is 0 Å². The van der Waals surface area contributed by atoms with Crippen LogP contribution in [0.4, 0.5) is 0 Å². The molecule has 4 rings (SSSR count). The predicted octanol–water partition coefficient (Wildman–Crippen LogP) is -0.814. The number of phenolic OH excluding ortho intramolecular Hbond substituents is 2. The number of phenols is 2. The van der Waals surface area contributed by atoms with Gasteiger partial charge in [-0.05, 0) is 47.9 Å². The van der Waals surface area contributed by atoms with Gasteiger partial charge in [0.1, 0.15) is 48.6 Å². The monoisotopic (exact) mass is 578 g/mol. The minimum atomic E-state index is -1.98. The smallest absolute Gasteiger partial charge is 0.330 e. The van der Waals surface area contributed by atoms with Gasteiger partial charge >= 0.3 is 5.97 Å². The van der Waals surface area contributed by atoms with E-state index in [-0.39, 0.29) is 18.1 Å². The Morgan fingerprint density at radius 3 is 2.24 bits per heavy atom. The quantitative estimate of drug-likeness (QED) is 0.129. The van der Waals surface area contributed by atoms with Gasteiger partial charge in [-0.2, -0.15) is 0 Å². The number of hydrogen-bond acceptors (Lipinski definition) is 13. The summed E-state index contributed by atoms with van der Waals surface area (Å²) >= 11 is 0. The summed E-state index contributed by atoms with van der Waals surface area (Å²) in [7, 11) is 0. The van der Waals surface area contributed by atoms with Gasteiger partial charge in [0.2, 0.25) is 0 Å². The number of hydrogen-bond donors (Lipinski definition) is 7. The number of carbonyl (C=O) groups is 1. The molecule has 2 aliphatic rings. The highest BCUT2D eigenvalue weighted by atomic mass is 16.7. The lowest BCUT2D eigenvalue weighted by Gasteiger charge is -2.40. The molecule has 7 N–H and O–H groups in total. The highest BCUT2D eigenvalue weighted by Gasteiger charge is 2.51. The van der Waals surface area contributed by atoms with Crippen LogP contribution in [0, 0.1) is 0 Å². The first-order valence-corrected chi connectivity index (χ1v) is 12.9. The summed E-state index contributed by atoms with van der Waals surface area (Å²) in [6.07, 6.45) is -7.20. The molecule has 224 valence electrons. The van der Waals surface area contributed by atoms with Gasteiger partial charge < -0.3 is 59.4 Å². The molecular weight excluding hydrogens is 544 g/mol. The Morgan fingerprint density at radius 2 is 1.56 bits per heavy atom. The molecule has 2 fully saturated rings. The van der Waals surface area contributed by atoms with Crippen molar-refractivity contribution < 1.29 is 64.2 Å². The number of esters is 1. The number of carbonyl (C=O) groups excluding carboxylic acids is 1. The van der Waals surface area contributed by atoms with E-state index in [4.69, 9.17) is 23.7 Å². The molecular formula is C28H34O13. The van der Waals surface area contributed by atoms with E-state index in [0.29, 0.717) is 12.0 Å². The molecule has 2 aliphatic heterocycles. The summed E-state index contributed by atoms with van der Waals surface area (Å²) in [6, 6.07) is 12.5. The topological polar surface area (TPSA) is 205 Å². The SMILES string of the molecule is O=C(C=Cc1ccc(O)cc1)OCC1(O)COC(OCC2OC(OCCc3ccc(O)cc3)C(O)C(O)C2O)C1O. The molecule has 0 bridgehead atoms. The van der Waals surface area contributed by atoms with E-state index in [9.17, 15) is 40.5 Å². The fourth-order valence-electron chi connectivity index (χ4n) is 4.25. The minimum Gasteiger partial charge on any atom is -0.508 e. The lowest BCUT2D eigenvalue weighted by molar-refractivity contribution is -0.309. The highest BCUT2D eigenvalue weighted by molar-refractivity contribution is 5.87. The first-order chi connectivity index (χ1) is 19.6. The number of aliphatic hydroxyl groups excluding tert-OH is 4. The summed E-state index contributed by atoms with van der Waals surface area (Å²) < 4.78 is 27.0. The van der Waals surface area contributed by atoms with Gasteiger partial charge in [0.05, 0.1) is 19.8 Å². The normalized spacial score (nSPS) is 31.9. The number of ether oxygens (including phenoxy) is 5. The maximum absolute atomic E-state index is 12.1. The highest BCUT2D eigenvalue weighted by Crippen LogP contribution is 2.28. The first-order valence-electron chi connectivity index (χ1n) is 12.9. The van der Waals surface area contributed by atoms with Crippen LogP contribution in [-0.2, 0) is 34.9 Å². The fraction of sp³-hybridized carbons (Fsp3) is 0.464. The third-order valence-corrected chi connectivity index (χ3v) is 6.78. The molecule has 0 radical (unpaired) electrons.